The summed E-state index contributed by atoms with van der Waals surface area (Å²) in [5, 5.41) is 12.4. The van der Waals surface area contributed by atoms with Gasteiger partial charge in [-0.25, -0.2) is 4.39 Å². The van der Waals surface area contributed by atoms with Gasteiger partial charge in [-0.1, -0.05) is 12.1 Å². The predicted molar refractivity (Wildman–Crippen MR) is 87.5 cm³/mol. The summed E-state index contributed by atoms with van der Waals surface area (Å²) in [6.07, 6.45) is 1.39. The summed E-state index contributed by atoms with van der Waals surface area (Å²) in [5.74, 6) is -0.466. The zero-order valence-electron chi connectivity index (χ0n) is 13.8. The molecule has 1 fully saturated rings. The molecule has 1 aliphatic heterocycles. The molecule has 0 aromatic heterocycles. The zero-order chi connectivity index (χ0) is 16.8. The number of carbonyl (C=O) groups is 1. The van der Waals surface area contributed by atoms with Crippen molar-refractivity contribution in [3.05, 3.63) is 35.6 Å². The number of likely N-dealkylation sites (tertiary alicyclic amines) is 1. The van der Waals surface area contributed by atoms with E-state index in [0.717, 1.165) is 32.5 Å². The Morgan fingerprint density at radius 3 is 2.74 bits per heavy atom. The van der Waals surface area contributed by atoms with Gasteiger partial charge >= 0.3 is 0 Å². The fraction of sp³-hybridized carbons (Fsp3) is 0.588. The van der Waals surface area contributed by atoms with Crippen LogP contribution in [-0.4, -0.2) is 67.2 Å². The van der Waals surface area contributed by atoms with Gasteiger partial charge in [-0.2, -0.15) is 0 Å². The molecule has 2 rings (SSSR count). The second-order valence-corrected chi connectivity index (χ2v) is 6.28. The van der Waals surface area contributed by atoms with E-state index in [2.05, 4.69) is 10.2 Å². The minimum atomic E-state index is -0.506. The molecule has 23 heavy (non-hydrogen) atoms. The second kappa shape index (κ2) is 8.38. The van der Waals surface area contributed by atoms with Gasteiger partial charge in [0.15, 0.2) is 0 Å². The molecule has 0 spiro atoms. The second-order valence-electron chi connectivity index (χ2n) is 6.28. The number of nitrogens with zero attached hydrogens (tertiary/aromatic N) is 2. The molecule has 2 N–H and O–H groups in total. The SMILES string of the molecule is CN(C)[C@H](C(=O)NCCN1CCC(O)CC1)c1cccc(F)c1. The van der Waals surface area contributed by atoms with Gasteiger partial charge in [0.25, 0.3) is 0 Å². The lowest BCUT2D eigenvalue weighted by molar-refractivity contribution is -0.125. The number of likely N-dealkylation sites (N-methyl/N-ethyl adjacent to an activating group) is 1. The third kappa shape index (κ3) is 5.27. The molecule has 5 nitrogen and oxygen atoms in total. The highest BCUT2D eigenvalue weighted by Crippen LogP contribution is 2.19. The topological polar surface area (TPSA) is 55.8 Å². The molecule has 6 heteroatoms. The monoisotopic (exact) mass is 323 g/mol. The van der Waals surface area contributed by atoms with Crippen LogP contribution < -0.4 is 5.32 Å². The van der Waals surface area contributed by atoms with Crippen molar-refractivity contribution in [1.82, 2.24) is 15.1 Å². The van der Waals surface area contributed by atoms with Crippen LogP contribution in [0.3, 0.4) is 0 Å². The van der Waals surface area contributed by atoms with Gasteiger partial charge in [0.1, 0.15) is 11.9 Å². The molecule has 1 aliphatic rings. The molecule has 1 aromatic rings. The Kier molecular flexibility index (Phi) is 6.50. The van der Waals surface area contributed by atoms with Gasteiger partial charge in [0, 0.05) is 26.2 Å². The summed E-state index contributed by atoms with van der Waals surface area (Å²) in [6.45, 7) is 3.03. The third-order valence-electron chi connectivity index (χ3n) is 4.21. The Morgan fingerprint density at radius 1 is 1.43 bits per heavy atom. The van der Waals surface area contributed by atoms with Crippen molar-refractivity contribution in [3.63, 3.8) is 0 Å². The fourth-order valence-corrected chi connectivity index (χ4v) is 2.94. The van der Waals surface area contributed by atoms with Crippen LogP contribution in [0.2, 0.25) is 0 Å². The maximum Gasteiger partial charge on any atom is 0.241 e. The van der Waals surface area contributed by atoms with Crippen LogP contribution >= 0.6 is 0 Å². The van der Waals surface area contributed by atoms with E-state index in [1.54, 1.807) is 31.1 Å². The highest BCUT2D eigenvalue weighted by Gasteiger charge is 2.23. The predicted octanol–water partition coefficient (Wildman–Crippen LogP) is 1.00. The first-order chi connectivity index (χ1) is 11.0. The van der Waals surface area contributed by atoms with E-state index in [9.17, 15) is 14.3 Å². The zero-order valence-corrected chi connectivity index (χ0v) is 13.8. The number of carbonyl (C=O) groups excluding carboxylic acids is 1. The number of hydrogen-bond donors (Lipinski definition) is 2. The first-order valence-electron chi connectivity index (χ1n) is 8.07. The van der Waals surface area contributed by atoms with Crippen molar-refractivity contribution in [2.75, 3.05) is 40.3 Å². The minimum Gasteiger partial charge on any atom is -0.393 e. The molecule has 0 saturated carbocycles. The molecule has 1 heterocycles. The van der Waals surface area contributed by atoms with Crippen molar-refractivity contribution in [2.45, 2.75) is 25.0 Å². The molecule has 1 amide bonds. The lowest BCUT2D eigenvalue weighted by Gasteiger charge is -2.30. The molecule has 0 bridgehead atoms. The average molecular weight is 323 g/mol. The number of hydrogen-bond acceptors (Lipinski definition) is 4. The van der Waals surface area contributed by atoms with Crippen LogP contribution in [0.5, 0.6) is 0 Å². The van der Waals surface area contributed by atoms with Crippen LogP contribution in [0.4, 0.5) is 4.39 Å². The normalized spacial score (nSPS) is 18.1. The quantitative estimate of drug-likeness (QED) is 0.820. The van der Waals surface area contributed by atoms with Crippen LogP contribution in [0.25, 0.3) is 0 Å². The molecule has 0 aliphatic carbocycles. The summed E-state index contributed by atoms with van der Waals surface area (Å²) in [4.78, 5) is 16.5. The number of nitrogens with one attached hydrogen (secondary N) is 1. The van der Waals surface area contributed by atoms with E-state index in [0.29, 0.717) is 12.1 Å². The molecule has 128 valence electrons. The summed E-state index contributed by atoms with van der Waals surface area (Å²) in [6, 6.07) is 5.65. The van der Waals surface area contributed by atoms with E-state index < -0.39 is 6.04 Å². The number of aliphatic hydroxyl groups excluding tert-OH is 1. The van der Waals surface area contributed by atoms with Gasteiger partial charge < -0.3 is 15.3 Å². The molecule has 0 unspecified atom stereocenters. The Labute approximate surface area is 137 Å². The number of rotatable bonds is 6. The maximum atomic E-state index is 13.4. The minimum absolute atomic E-state index is 0.127. The third-order valence-corrected chi connectivity index (χ3v) is 4.21. The lowest BCUT2D eigenvalue weighted by Crippen LogP contribution is -2.43. The van der Waals surface area contributed by atoms with Crippen molar-refractivity contribution in [1.29, 1.82) is 0 Å². The van der Waals surface area contributed by atoms with E-state index >= 15 is 0 Å². The highest BCUT2D eigenvalue weighted by molar-refractivity contribution is 5.83. The number of amides is 1. The smallest absolute Gasteiger partial charge is 0.241 e. The first-order valence-corrected chi connectivity index (χ1v) is 8.07. The number of aliphatic hydroxyl groups is 1. The Morgan fingerprint density at radius 2 is 2.13 bits per heavy atom. The average Bonchev–Trinajstić information content (AvgIpc) is 2.49. The molecular weight excluding hydrogens is 297 g/mol. The maximum absolute atomic E-state index is 13.4. The van der Waals surface area contributed by atoms with Crippen LogP contribution in [0, 0.1) is 5.82 Å². The number of halogens is 1. The van der Waals surface area contributed by atoms with Crippen LogP contribution in [0.1, 0.15) is 24.4 Å². The summed E-state index contributed by atoms with van der Waals surface area (Å²) >= 11 is 0. The van der Waals surface area contributed by atoms with Gasteiger partial charge in [-0.3, -0.25) is 9.69 Å². The van der Waals surface area contributed by atoms with Crippen LogP contribution in [0.15, 0.2) is 24.3 Å². The molecule has 1 atom stereocenters. The number of benzene rings is 1. The van der Waals surface area contributed by atoms with Crippen molar-refractivity contribution < 1.29 is 14.3 Å². The first kappa shape index (κ1) is 17.8. The Balaban J connectivity index is 1.86. The van der Waals surface area contributed by atoms with Gasteiger partial charge in [-0.05, 0) is 44.6 Å². The molecule has 1 aromatic carbocycles. The van der Waals surface area contributed by atoms with Gasteiger partial charge in [0.2, 0.25) is 5.91 Å². The summed E-state index contributed by atoms with van der Waals surface area (Å²) in [5.41, 5.74) is 0.647. The summed E-state index contributed by atoms with van der Waals surface area (Å²) < 4.78 is 13.4. The van der Waals surface area contributed by atoms with E-state index in [1.165, 1.54) is 12.1 Å². The Bertz CT molecular complexity index is 516. The van der Waals surface area contributed by atoms with E-state index in [-0.39, 0.29) is 17.8 Å². The van der Waals surface area contributed by atoms with Gasteiger partial charge in [0.05, 0.1) is 6.10 Å². The molecule has 1 saturated heterocycles. The van der Waals surface area contributed by atoms with E-state index in [1.807, 2.05) is 0 Å². The van der Waals surface area contributed by atoms with Crippen molar-refractivity contribution in [2.24, 2.45) is 0 Å². The molecule has 0 radical (unpaired) electrons. The van der Waals surface area contributed by atoms with Crippen molar-refractivity contribution >= 4 is 5.91 Å². The number of piperidine rings is 1. The largest absolute Gasteiger partial charge is 0.393 e. The van der Waals surface area contributed by atoms with Crippen molar-refractivity contribution in [3.8, 4) is 0 Å². The highest BCUT2D eigenvalue weighted by atomic mass is 19.1. The van der Waals surface area contributed by atoms with E-state index in [4.69, 9.17) is 0 Å². The fourth-order valence-electron chi connectivity index (χ4n) is 2.94. The Hall–Kier alpha value is -1.50. The van der Waals surface area contributed by atoms with Gasteiger partial charge in [-0.15, -0.1) is 0 Å². The van der Waals surface area contributed by atoms with Crippen LogP contribution in [-0.2, 0) is 4.79 Å². The lowest BCUT2D eigenvalue weighted by atomic mass is 10.1. The summed E-state index contributed by atoms with van der Waals surface area (Å²) in [7, 11) is 3.61. The standard InChI is InChI=1S/C17H26FN3O2/c1-20(2)16(13-4-3-5-14(18)12-13)17(23)19-8-11-21-9-6-15(22)7-10-21/h3-5,12,15-16,22H,6-11H2,1-2H3,(H,19,23)/t16-/m0/s1. The molecular formula is C17H26FN3O2.